The van der Waals surface area contributed by atoms with Gasteiger partial charge in [-0.1, -0.05) is 12.1 Å². The predicted octanol–water partition coefficient (Wildman–Crippen LogP) is 2.32. The average molecular weight is 299 g/mol. The summed E-state index contributed by atoms with van der Waals surface area (Å²) in [6.45, 7) is 0. The molecule has 0 aliphatic carbocycles. The van der Waals surface area contributed by atoms with Gasteiger partial charge in [0.2, 0.25) is 5.91 Å². The predicted molar refractivity (Wildman–Crippen MR) is 85.0 cm³/mol. The summed E-state index contributed by atoms with van der Waals surface area (Å²) in [5.74, 6) is 0.0149. The number of phenols is 1. The molecule has 0 aliphatic heterocycles. The minimum atomic E-state index is -0.302. The number of aromatic hydroxyl groups is 1. The van der Waals surface area contributed by atoms with Crippen molar-refractivity contribution in [1.29, 1.82) is 0 Å². The summed E-state index contributed by atoms with van der Waals surface area (Å²) in [6.07, 6.45) is 0.221. The molecule has 3 amide bonds. The molecular weight excluding hydrogens is 282 g/mol. The lowest BCUT2D eigenvalue weighted by Gasteiger charge is -2.08. The van der Waals surface area contributed by atoms with E-state index in [0.29, 0.717) is 11.4 Å². The van der Waals surface area contributed by atoms with E-state index in [9.17, 15) is 14.7 Å². The van der Waals surface area contributed by atoms with E-state index in [1.54, 1.807) is 48.5 Å². The number of benzene rings is 2. The highest BCUT2D eigenvalue weighted by atomic mass is 16.3. The first-order valence-electron chi connectivity index (χ1n) is 6.73. The lowest BCUT2D eigenvalue weighted by Crippen LogP contribution is -2.24. The number of nitrogens with one attached hydrogen (secondary N) is 3. The molecule has 2 aromatic carbocycles. The second-order valence-electron chi connectivity index (χ2n) is 4.67. The maximum Gasteiger partial charge on any atom is 0.318 e. The van der Waals surface area contributed by atoms with Gasteiger partial charge in [0.15, 0.2) is 0 Å². The minimum Gasteiger partial charge on any atom is -0.508 e. The maximum atomic E-state index is 11.9. The molecule has 4 N–H and O–H groups in total. The molecule has 0 aliphatic rings. The van der Waals surface area contributed by atoms with Gasteiger partial charge < -0.3 is 21.1 Å². The maximum absolute atomic E-state index is 11.9. The third kappa shape index (κ3) is 4.52. The lowest BCUT2D eigenvalue weighted by molar-refractivity contribution is -0.115. The molecule has 2 rings (SSSR count). The van der Waals surface area contributed by atoms with Crippen LogP contribution < -0.4 is 16.0 Å². The molecule has 114 valence electrons. The van der Waals surface area contributed by atoms with Crippen molar-refractivity contribution in [3.63, 3.8) is 0 Å². The number of carbonyl (C=O) groups excluding carboxylic acids is 2. The van der Waals surface area contributed by atoms with Crippen molar-refractivity contribution in [2.75, 3.05) is 17.7 Å². The van der Waals surface area contributed by atoms with E-state index >= 15 is 0 Å². The van der Waals surface area contributed by atoms with Crippen LogP contribution in [0.2, 0.25) is 0 Å². The van der Waals surface area contributed by atoms with E-state index in [1.807, 2.05) is 0 Å². The molecule has 0 radical (unpaired) electrons. The zero-order valence-electron chi connectivity index (χ0n) is 12.1. The van der Waals surface area contributed by atoms with E-state index in [1.165, 1.54) is 7.05 Å². The molecule has 6 heteroatoms. The SMILES string of the molecule is CNC(=O)Nc1ccc(NC(=O)Cc2ccc(O)cc2)cc1. The van der Waals surface area contributed by atoms with E-state index in [-0.39, 0.29) is 24.1 Å². The molecule has 0 atom stereocenters. The molecule has 0 unspecified atom stereocenters. The van der Waals surface area contributed by atoms with Gasteiger partial charge in [-0.2, -0.15) is 0 Å². The smallest absolute Gasteiger partial charge is 0.318 e. The Hall–Kier alpha value is -3.02. The van der Waals surface area contributed by atoms with Gasteiger partial charge in [0.05, 0.1) is 6.42 Å². The van der Waals surface area contributed by atoms with Gasteiger partial charge in [0.1, 0.15) is 5.75 Å². The molecule has 0 saturated heterocycles. The molecule has 0 heterocycles. The Morgan fingerprint density at radius 3 is 2.00 bits per heavy atom. The van der Waals surface area contributed by atoms with Crippen LogP contribution in [0.4, 0.5) is 16.2 Å². The van der Waals surface area contributed by atoms with Crippen LogP contribution >= 0.6 is 0 Å². The van der Waals surface area contributed by atoms with E-state index in [4.69, 9.17) is 0 Å². The van der Waals surface area contributed by atoms with Crippen LogP contribution in [-0.4, -0.2) is 24.1 Å². The average Bonchev–Trinajstić information content (AvgIpc) is 2.51. The Morgan fingerprint density at radius 2 is 1.45 bits per heavy atom. The Morgan fingerprint density at radius 1 is 0.909 bits per heavy atom. The van der Waals surface area contributed by atoms with Gasteiger partial charge in [-0.05, 0) is 42.0 Å². The van der Waals surface area contributed by atoms with Crippen molar-refractivity contribution in [3.05, 3.63) is 54.1 Å². The van der Waals surface area contributed by atoms with Gasteiger partial charge in [-0.25, -0.2) is 4.79 Å². The van der Waals surface area contributed by atoms with Gasteiger partial charge in [0.25, 0.3) is 0 Å². The van der Waals surface area contributed by atoms with Crippen molar-refractivity contribution in [1.82, 2.24) is 5.32 Å². The van der Waals surface area contributed by atoms with Crippen LogP contribution in [-0.2, 0) is 11.2 Å². The number of carbonyl (C=O) groups is 2. The van der Waals surface area contributed by atoms with Gasteiger partial charge >= 0.3 is 6.03 Å². The molecule has 2 aromatic rings. The summed E-state index contributed by atoms with van der Waals surface area (Å²) in [5, 5.41) is 17.1. The largest absolute Gasteiger partial charge is 0.508 e. The molecule has 0 bridgehead atoms. The Labute approximate surface area is 128 Å². The number of hydrogen-bond acceptors (Lipinski definition) is 3. The number of phenolic OH excluding ortho intramolecular Hbond substituents is 1. The Balaban J connectivity index is 1.91. The van der Waals surface area contributed by atoms with Crippen molar-refractivity contribution < 1.29 is 14.7 Å². The molecule has 0 saturated carbocycles. The summed E-state index contributed by atoms with van der Waals surface area (Å²) >= 11 is 0. The molecular formula is C16H17N3O3. The topological polar surface area (TPSA) is 90.5 Å². The fraction of sp³-hybridized carbons (Fsp3) is 0.125. The van der Waals surface area contributed by atoms with Gasteiger partial charge in [0, 0.05) is 18.4 Å². The zero-order chi connectivity index (χ0) is 15.9. The monoisotopic (exact) mass is 299 g/mol. The molecule has 6 nitrogen and oxygen atoms in total. The molecule has 0 fully saturated rings. The summed E-state index contributed by atoms with van der Waals surface area (Å²) in [7, 11) is 1.53. The lowest BCUT2D eigenvalue weighted by atomic mass is 10.1. The van der Waals surface area contributed by atoms with Gasteiger partial charge in [-0.3, -0.25) is 4.79 Å². The highest BCUT2D eigenvalue weighted by molar-refractivity contribution is 5.93. The molecule has 0 spiro atoms. The number of amides is 3. The second kappa shape index (κ2) is 7.12. The van der Waals surface area contributed by atoms with Crippen LogP contribution in [0, 0.1) is 0 Å². The van der Waals surface area contributed by atoms with Crippen LogP contribution in [0.3, 0.4) is 0 Å². The first kappa shape index (κ1) is 15.4. The fourth-order valence-electron chi connectivity index (χ4n) is 1.83. The van der Waals surface area contributed by atoms with Crippen LogP contribution in [0.1, 0.15) is 5.56 Å². The third-order valence-electron chi connectivity index (χ3n) is 2.95. The van der Waals surface area contributed by atoms with E-state index in [2.05, 4.69) is 16.0 Å². The highest BCUT2D eigenvalue weighted by Gasteiger charge is 2.05. The summed E-state index contributed by atoms with van der Waals surface area (Å²) in [4.78, 5) is 23.1. The first-order valence-corrected chi connectivity index (χ1v) is 6.73. The first-order chi connectivity index (χ1) is 10.6. The summed E-state index contributed by atoms with van der Waals surface area (Å²) < 4.78 is 0. The minimum absolute atomic E-state index is 0.155. The summed E-state index contributed by atoms with van der Waals surface area (Å²) in [6, 6.07) is 13.0. The van der Waals surface area contributed by atoms with Crippen molar-refractivity contribution in [2.45, 2.75) is 6.42 Å². The van der Waals surface area contributed by atoms with Crippen LogP contribution in [0.15, 0.2) is 48.5 Å². The second-order valence-corrected chi connectivity index (χ2v) is 4.67. The van der Waals surface area contributed by atoms with Crippen LogP contribution in [0.25, 0.3) is 0 Å². The number of anilines is 2. The third-order valence-corrected chi connectivity index (χ3v) is 2.95. The molecule has 0 aromatic heterocycles. The Kier molecular flexibility index (Phi) is 4.98. The van der Waals surface area contributed by atoms with Crippen LogP contribution in [0.5, 0.6) is 5.75 Å². The van der Waals surface area contributed by atoms with Crippen molar-refractivity contribution in [3.8, 4) is 5.75 Å². The van der Waals surface area contributed by atoms with Crippen molar-refractivity contribution >= 4 is 23.3 Å². The zero-order valence-corrected chi connectivity index (χ0v) is 12.1. The van der Waals surface area contributed by atoms with Gasteiger partial charge in [-0.15, -0.1) is 0 Å². The fourth-order valence-corrected chi connectivity index (χ4v) is 1.83. The van der Waals surface area contributed by atoms with E-state index < -0.39 is 0 Å². The Bertz CT molecular complexity index is 651. The number of hydrogen-bond donors (Lipinski definition) is 4. The molecule has 22 heavy (non-hydrogen) atoms. The number of urea groups is 1. The number of rotatable bonds is 4. The summed E-state index contributed by atoms with van der Waals surface area (Å²) in [5.41, 5.74) is 2.09. The quantitative estimate of drug-likeness (QED) is 0.698. The normalized spacial score (nSPS) is 9.86. The standard InChI is InChI=1S/C16H17N3O3/c1-17-16(22)19-13-6-4-12(5-7-13)18-15(21)10-11-2-8-14(20)9-3-11/h2-9,20H,10H2,1H3,(H,18,21)(H2,17,19,22). The van der Waals surface area contributed by atoms with Crippen molar-refractivity contribution in [2.24, 2.45) is 0 Å². The highest BCUT2D eigenvalue weighted by Crippen LogP contribution is 2.15. The van der Waals surface area contributed by atoms with E-state index in [0.717, 1.165) is 5.56 Å².